The molecule has 2 N–H and O–H groups in total. The van der Waals surface area contributed by atoms with Crippen molar-refractivity contribution in [3.63, 3.8) is 0 Å². The second-order valence-corrected chi connectivity index (χ2v) is 9.77. The maximum atomic E-state index is 13.3. The van der Waals surface area contributed by atoms with Crippen LogP contribution in [0.5, 0.6) is 0 Å². The van der Waals surface area contributed by atoms with Crippen LogP contribution in [0.4, 0.5) is 18.9 Å². The van der Waals surface area contributed by atoms with Gasteiger partial charge in [0.1, 0.15) is 0 Å². The van der Waals surface area contributed by atoms with Gasteiger partial charge in [-0.05, 0) is 60.0 Å². The molecule has 0 atom stereocenters. The highest BCUT2D eigenvalue weighted by molar-refractivity contribution is 7.92. The molecule has 31 heavy (non-hydrogen) atoms. The van der Waals surface area contributed by atoms with Crippen molar-refractivity contribution in [2.45, 2.75) is 29.8 Å². The smallest absolute Gasteiger partial charge is 0.416 e. The summed E-state index contributed by atoms with van der Waals surface area (Å²) in [6.07, 6.45) is -3.13. The molecule has 0 unspecified atom stereocenters. The molecule has 0 spiro atoms. The molecule has 1 aromatic heterocycles. The number of aromatic carboxylic acids is 1. The summed E-state index contributed by atoms with van der Waals surface area (Å²) in [6, 6.07) is 10.1. The monoisotopic (exact) mass is 467 g/mol. The minimum absolute atomic E-state index is 0.0207. The number of carboxylic acids is 1. The van der Waals surface area contributed by atoms with Gasteiger partial charge < -0.3 is 5.11 Å². The summed E-state index contributed by atoms with van der Waals surface area (Å²) in [7, 11) is -4.36. The van der Waals surface area contributed by atoms with Crippen molar-refractivity contribution >= 4 is 33.0 Å². The molecule has 1 aliphatic rings. The molecule has 1 saturated carbocycles. The van der Waals surface area contributed by atoms with Gasteiger partial charge in [0.05, 0.1) is 21.7 Å². The van der Waals surface area contributed by atoms with Crippen molar-refractivity contribution in [1.29, 1.82) is 0 Å². The Morgan fingerprint density at radius 3 is 2.42 bits per heavy atom. The summed E-state index contributed by atoms with van der Waals surface area (Å²) in [5, 5.41) is 11.0. The van der Waals surface area contributed by atoms with E-state index in [0.717, 1.165) is 31.0 Å². The Hall–Kier alpha value is -2.85. The third kappa shape index (κ3) is 4.45. The summed E-state index contributed by atoms with van der Waals surface area (Å²) >= 11 is 1.26. The number of nitrogens with one attached hydrogen (secondary N) is 1. The Morgan fingerprint density at radius 2 is 1.84 bits per heavy atom. The fourth-order valence-corrected chi connectivity index (χ4v) is 5.44. The third-order valence-electron chi connectivity index (χ3n) is 4.95. The lowest BCUT2D eigenvalue weighted by Gasteiger charge is -2.17. The number of sulfonamides is 1. The summed E-state index contributed by atoms with van der Waals surface area (Å²) in [5.74, 6) is -1.31. The van der Waals surface area contributed by atoms with Crippen LogP contribution in [0.25, 0.3) is 10.4 Å². The van der Waals surface area contributed by atoms with Crippen molar-refractivity contribution in [3.8, 4) is 10.4 Å². The van der Waals surface area contributed by atoms with Crippen LogP contribution in [-0.4, -0.2) is 19.5 Å². The van der Waals surface area contributed by atoms with Crippen LogP contribution < -0.4 is 4.72 Å². The molecule has 1 aliphatic carbocycles. The summed E-state index contributed by atoms with van der Waals surface area (Å²) in [4.78, 5) is 11.7. The number of thiophene rings is 1. The molecule has 0 aliphatic heterocycles. The molecular formula is C21H16F3NO4S2. The quantitative estimate of drug-likeness (QED) is 0.479. The van der Waals surface area contributed by atoms with Crippen LogP contribution >= 0.6 is 11.3 Å². The fourth-order valence-electron chi connectivity index (χ4n) is 3.28. The van der Waals surface area contributed by atoms with E-state index in [4.69, 9.17) is 0 Å². The molecule has 10 heteroatoms. The van der Waals surface area contributed by atoms with Gasteiger partial charge in [-0.2, -0.15) is 13.2 Å². The molecule has 0 saturated heterocycles. The Bertz CT molecular complexity index is 1250. The predicted molar refractivity (Wildman–Crippen MR) is 111 cm³/mol. The number of hydrogen-bond donors (Lipinski definition) is 2. The van der Waals surface area contributed by atoms with E-state index in [-0.39, 0.29) is 22.1 Å². The molecule has 0 radical (unpaired) electrons. The summed E-state index contributed by atoms with van der Waals surface area (Å²) in [5.41, 5.74) is -0.671. The lowest BCUT2D eigenvalue weighted by Crippen LogP contribution is -2.17. The average molecular weight is 467 g/mol. The lowest BCUT2D eigenvalue weighted by molar-refractivity contribution is -0.137. The Kier molecular flexibility index (Phi) is 5.30. The fraction of sp³-hybridized carbons (Fsp3) is 0.190. The standard InChI is InChI=1S/C21H16F3NO4S2/c22-21(23,24)14-6-8-16(18-2-1-9-30-18)17(11-14)25-31(28,29)19-10-13(20(26)27)5-7-15(19)12-3-4-12/h1-2,5-12,25H,3-4H2,(H,26,27). The van der Waals surface area contributed by atoms with Crippen molar-refractivity contribution in [2.75, 3.05) is 4.72 Å². The predicted octanol–water partition coefficient (Wildman–Crippen LogP) is 5.81. The normalized spacial score (nSPS) is 14.4. The lowest BCUT2D eigenvalue weighted by atomic mass is 10.1. The summed E-state index contributed by atoms with van der Waals surface area (Å²) in [6.45, 7) is 0. The first-order valence-electron chi connectivity index (χ1n) is 9.21. The van der Waals surface area contributed by atoms with E-state index in [1.54, 1.807) is 17.5 Å². The maximum Gasteiger partial charge on any atom is 0.416 e. The van der Waals surface area contributed by atoms with Crippen LogP contribution in [-0.2, 0) is 16.2 Å². The molecule has 3 aromatic rings. The molecule has 2 aromatic carbocycles. The van der Waals surface area contributed by atoms with Crippen LogP contribution in [0.3, 0.4) is 0 Å². The number of hydrogen-bond acceptors (Lipinski definition) is 4. The van der Waals surface area contributed by atoms with Gasteiger partial charge in [0.25, 0.3) is 10.0 Å². The van der Waals surface area contributed by atoms with Gasteiger partial charge in [-0.25, -0.2) is 13.2 Å². The van der Waals surface area contributed by atoms with Gasteiger partial charge in [0.2, 0.25) is 0 Å². The number of carboxylic acid groups (broad SMARTS) is 1. The van der Waals surface area contributed by atoms with Gasteiger partial charge in [-0.1, -0.05) is 18.2 Å². The second kappa shape index (κ2) is 7.69. The first kappa shape index (κ1) is 21.4. The number of alkyl halides is 3. The largest absolute Gasteiger partial charge is 0.478 e. The molecule has 0 bridgehead atoms. The van der Waals surface area contributed by atoms with Crippen molar-refractivity contribution < 1.29 is 31.5 Å². The van der Waals surface area contributed by atoms with E-state index in [1.165, 1.54) is 29.5 Å². The van der Waals surface area contributed by atoms with Gasteiger partial charge in [-0.3, -0.25) is 4.72 Å². The summed E-state index contributed by atoms with van der Waals surface area (Å²) < 4.78 is 68.6. The Balaban J connectivity index is 1.83. The van der Waals surface area contributed by atoms with Gasteiger partial charge in [0, 0.05) is 10.4 Å². The molecule has 162 valence electrons. The highest BCUT2D eigenvalue weighted by atomic mass is 32.2. The first-order valence-corrected chi connectivity index (χ1v) is 11.6. The number of benzene rings is 2. The van der Waals surface area contributed by atoms with Gasteiger partial charge >= 0.3 is 12.1 Å². The molecule has 1 heterocycles. The molecular weight excluding hydrogens is 451 g/mol. The topological polar surface area (TPSA) is 83.5 Å². The zero-order chi connectivity index (χ0) is 22.4. The van der Waals surface area contributed by atoms with Gasteiger partial charge in [0.15, 0.2) is 0 Å². The molecule has 0 amide bonds. The van der Waals surface area contributed by atoms with Crippen molar-refractivity contribution in [1.82, 2.24) is 0 Å². The van der Waals surface area contributed by atoms with E-state index in [2.05, 4.69) is 4.72 Å². The Labute approximate surface area is 180 Å². The van der Waals surface area contributed by atoms with Crippen molar-refractivity contribution in [2.24, 2.45) is 0 Å². The van der Waals surface area contributed by atoms with Crippen LogP contribution in [0.15, 0.2) is 58.8 Å². The van der Waals surface area contributed by atoms with Crippen LogP contribution in [0.1, 0.15) is 40.2 Å². The molecule has 4 rings (SSSR count). The minimum Gasteiger partial charge on any atom is -0.478 e. The third-order valence-corrected chi connectivity index (χ3v) is 7.27. The number of rotatable bonds is 6. The average Bonchev–Trinajstić information content (AvgIpc) is 3.40. The minimum atomic E-state index is -4.66. The van der Waals surface area contributed by atoms with Crippen LogP contribution in [0.2, 0.25) is 0 Å². The zero-order valence-corrected chi connectivity index (χ0v) is 17.4. The van der Waals surface area contributed by atoms with E-state index < -0.39 is 27.7 Å². The first-order chi connectivity index (χ1) is 14.6. The van der Waals surface area contributed by atoms with E-state index in [0.29, 0.717) is 16.0 Å². The second-order valence-electron chi connectivity index (χ2n) is 7.17. The highest BCUT2D eigenvalue weighted by Gasteiger charge is 2.34. The number of halogens is 3. The SMILES string of the molecule is O=C(O)c1ccc(C2CC2)c(S(=O)(=O)Nc2cc(C(F)(F)F)ccc2-c2cccs2)c1. The Morgan fingerprint density at radius 1 is 1.10 bits per heavy atom. The highest BCUT2D eigenvalue weighted by Crippen LogP contribution is 2.44. The van der Waals surface area contributed by atoms with Gasteiger partial charge in [-0.15, -0.1) is 11.3 Å². The molecule has 1 fully saturated rings. The number of anilines is 1. The van der Waals surface area contributed by atoms with Crippen LogP contribution in [0, 0.1) is 0 Å². The maximum absolute atomic E-state index is 13.3. The van der Waals surface area contributed by atoms with E-state index in [1.807, 2.05) is 0 Å². The van der Waals surface area contributed by atoms with E-state index in [9.17, 15) is 31.5 Å². The zero-order valence-electron chi connectivity index (χ0n) is 15.8. The van der Waals surface area contributed by atoms with Crippen molar-refractivity contribution in [3.05, 3.63) is 70.6 Å². The number of carbonyl (C=O) groups is 1. The van der Waals surface area contributed by atoms with E-state index >= 15 is 0 Å². The molecule has 5 nitrogen and oxygen atoms in total.